The van der Waals surface area contributed by atoms with Gasteiger partial charge in [-0.1, -0.05) is 34.7 Å². The van der Waals surface area contributed by atoms with Crippen molar-refractivity contribution in [1.82, 2.24) is 5.32 Å². The Labute approximate surface area is 119 Å². The first-order valence-electron chi connectivity index (χ1n) is 5.40. The van der Waals surface area contributed by atoms with E-state index in [1.54, 1.807) is 12.1 Å². The lowest BCUT2D eigenvalue weighted by molar-refractivity contribution is -0.124. The number of methoxy groups -OCH3 is 1. The maximum Gasteiger partial charge on any atom is 0.246 e. The summed E-state index contributed by atoms with van der Waals surface area (Å²) in [4.78, 5) is 11.3. The summed E-state index contributed by atoms with van der Waals surface area (Å²) in [6.07, 6.45) is 0. The summed E-state index contributed by atoms with van der Waals surface area (Å²) in [5.74, 6) is -0.466. The number of carbonyl (C=O) groups excluding carboxylic acids is 1. The van der Waals surface area contributed by atoms with Crippen LogP contribution >= 0.6 is 22.6 Å². The molecule has 1 aromatic carbocycles. The summed E-state index contributed by atoms with van der Waals surface area (Å²) in [5.41, 5.74) is 0.615. The van der Waals surface area contributed by atoms with Gasteiger partial charge in [-0.15, -0.1) is 0 Å². The van der Waals surface area contributed by atoms with Gasteiger partial charge in [0.1, 0.15) is 6.61 Å². The second-order valence-corrected chi connectivity index (χ2v) is 4.55. The van der Waals surface area contributed by atoms with Crippen molar-refractivity contribution < 1.29 is 18.7 Å². The molecule has 1 rings (SSSR count). The van der Waals surface area contributed by atoms with Gasteiger partial charge in [0.25, 0.3) is 0 Å². The minimum absolute atomic E-state index is 0.0146. The van der Waals surface area contributed by atoms with E-state index in [0.717, 1.165) is 4.43 Å². The van der Waals surface area contributed by atoms with E-state index >= 15 is 0 Å². The summed E-state index contributed by atoms with van der Waals surface area (Å²) >= 11 is 2.15. The molecule has 0 fully saturated rings. The van der Waals surface area contributed by atoms with Crippen molar-refractivity contribution in [2.24, 2.45) is 0 Å². The Hall–Kier alpha value is -0.890. The van der Waals surface area contributed by atoms with Gasteiger partial charge in [-0.25, -0.2) is 4.39 Å². The van der Waals surface area contributed by atoms with Crippen molar-refractivity contribution in [3.63, 3.8) is 0 Å². The fourth-order valence-corrected chi connectivity index (χ4v) is 1.59. The standard InChI is InChI=1S/C12H15FINO3/c1-17-8-11(16)15-7-9-3-2-4-10(13)12(9)18-6-5-14/h2-4H,5-8H2,1H3,(H,15,16). The third kappa shape index (κ3) is 4.77. The highest BCUT2D eigenvalue weighted by atomic mass is 127. The second-order valence-electron chi connectivity index (χ2n) is 3.48. The minimum Gasteiger partial charge on any atom is -0.489 e. The van der Waals surface area contributed by atoms with Gasteiger partial charge >= 0.3 is 0 Å². The summed E-state index contributed by atoms with van der Waals surface area (Å²) < 4.78 is 24.4. The van der Waals surface area contributed by atoms with Crippen LogP contribution in [-0.2, 0) is 16.1 Å². The Morgan fingerprint density at radius 3 is 2.94 bits per heavy atom. The van der Waals surface area contributed by atoms with Gasteiger partial charge in [-0.2, -0.15) is 0 Å². The van der Waals surface area contributed by atoms with Crippen LogP contribution in [0, 0.1) is 5.82 Å². The van der Waals surface area contributed by atoms with E-state index < -0.39 is 5.82 Å². The second kappa shape index (κ2) is 8.25. The van der Waals surface area contributed by atoms with Gasteiger partial charge in [0, 0.05) is 23.6 Å². The van der Waals surface area contributed by atoms with Gasteiger partial charge in [0.2, 0.25) is 5.91 Å². The van der Waals surface area contributed by atoms with Crippen molar-refractivity contribution >= 4 is 28.5 Å². The fraction of sp³-hybridized carbons (Fsp3) is 0.417. The average Bonchev–Trinajstić information content (AvgIpc) is 2.35. The Morgan fingerprint density at radius 2 is 2.28 bits per heavy atom. The molecule has 0 aliphatic heterocycles. The predicted octanol–water partition coefficient (Wildman–Crippen LogP) is 1.90. The van der Waals surface area contributed by atoms with E-state index in [-0.39, 0.29) is 24.8 Å². The molecule has 0 unspecified atom stereocenters. The molecular formula is C12H15FINO3. The van der Waals surface area contributed by atoms with E-state index in [2.05, 4.69) is 27.9 Å². The molecular weight excluding hydrogens is 352 g/mol. The molecule has 0 aliphatic carbocycles. The topological polar surface area (TPSA) is 47.6 Å². The Bertz CT molecular complexity index is 401. The molecule has 0 saturated carbocycles. The molecule has 1 amide bonds. The number of nitrogens with one attached hydrogen (secondary N) is 1. The van der Waals surface area contributed by atoms with Gasteiger partial charge in [-0.05, 0) is 6.07 Å². The number of halogens is 2. The van der Waals surface area contributed by atoms with Crippen molar-refractivity contribution in [2.45, 2.75) is 6.54 Å². The summed E-state index contributed by atoms with van der Waals surface area (Å²) in [6, 6.07) is 4.64. The smallest absolute Gasteiger partial charge is 0.246 e. The highest BCUT2D eigenvalue weighted by molar-refractivity contribution is 14.1. The number of amides is 1. The molecule has 0 bridgehead atoms. The molecule has 0 radical (unpaired) electrons. The van der Waals surface area contributed by atoms with Crippen LogP contribution in [-0.4, -0.2) is 30.7 Å². The first-order chi connectivity index (χ1) is 8.69. The molecule has 0 spiro atoms. The normalized spacial score (nSPS) is 10.2. The quantitative estimate of drug-likeness (QED) is 0.592. The number of ether oxygens (including phenoxy) is 2. The maximum absolute atomic E-state index is 13.6. The third-order valence-electron chi connectivity index (χ3n) is 2.12. The molecule has 1 aromatic rings. The average molecular weight is 367 g/mol. The largest absolute Gasteiger partial charge is 0.489 e. The lowest BCUT2D eigenvalue weighted by Gasteiger charge is -2.12. The summed E-state index contributed by atoms with van der Waals surface area (Å²) in [6.45, 7) is 0.635. The SMILES string of the molecule is COCC(=O)NCc1cccc(F)c1OCCI. The van der Waals surface area contributed by atoms with Gasteiger partial charge in [0.15, 0.2) is 11.6 Å². The third-order valence-corrected chi connectivity index (χ3v) is 2.56. The minimum atomic E-state index is -0.418. The van der Waals surface area contributed by atoms with Crippen LogP contribution in [0.25, 0.3) is 0 Å². The van der Waals surface area contributed by atoms with Gasteiger partial charge in [0.05, 0.1) is 6.61 Å². The van der Waals surface area contributed by atoms with Crippen LogP contribution in [0.2, 0.25) is 0 Å². The predicted molar refractivity (Wildman–Crippen MR) is 74.5 cm³/mol. The Balaban J connectivity index is 2.68. The molecule has 0 saturated heterocycles. The van der Waals surface area contributed by atoms with Crippen LogP contribution < -0.4 is 10.1 Å². The summed E-state index contributed by atoms with van der Waals surface area (Å²) in [7, 11) is 1.44. The van der Waals surface area contributed by atoms with E-state index in [1.165, 1.54) is 13.2 Å². The number of carbonyl (C=O) groups is 1. The number of benzene rings is 1. The van der Waals surface area contributed by atoms with Gasteiger partial charge < -0.3 is 14.8 Å². The van der Waals surface area contributed by atoms with Crippen LogP contribution in [0.5, 0.6) is 5.75 Å². The number of alkyl halides is 1. The highest BCUT2D eigenvalue weighted by Gasteiger charge is 2.10. The molecule has 0 atom stereocenters. The number of rotatable bonds is 7. The van der Waals surface area contributed by atoms with E-state index in [0.29, 0.717) is 12.2 Å². The van der Waals surface area contributed by atoms with E-state index in [9.17, 15) is 9.18 Å². The molecule has 0 aromatic heterocycles. The van der Waals surface area contributed by atoms with Crippen LogP contribution in [0.3, 0.4) is 0 Å². The summed E-state index contributed by atoms with van der Waals surface area (Å²) in [5, 5.41) is 2.63. The molecule has 0 heterocycles. The van der Waals surface area contributed by atoms with E-state index in [4.69, 9.17) is 9.47 Å². The van der Waals surface area contributed by atoms with Gasteiger partial charge in [-0.3, -0.25) is 4.79 Å². The number of hydrogen-bond acceptors (Lipinski definition) is 3. The van der Waals surface area contributed by atoms with Crippen molar-refractivity contribution in [2.75, 3.05) is 24.8 Å². The zero-order valence-electron chi connectivity index (χ0n) is 10.0. The van der Waals surface area contributed by atoms with Crippen molar-refractivity contribution in [3.05, 3.63) is 29.6 Å². The molecule has 100 valence electrons. The Morgan fingerprint density at radius 1 is 1.50 bits per heavy atom. The zero-order valence-corrected chi connectivity index (χ0v) is 12.2. The maximum atomic E-state index is 13.6. The first kappa shape index (κ1) is 15.2. The van der Waals surface area contributed by atoms with Crippen LogP contribution in [0.1, 0.15) is 5.56 Å². The van der Waals surface area contributed by atoms with E-state index in [1.807, 2.05) is 0 Å². The first-order valence-corrected chi connectivity index (χ1v) is 6.93. The van der Waals surface area contributed by atoms with Crippen molar-refractivity contribution in [3.8, 4) is 5.75 Å². The molecule has 4 nitrogen and oxygen atoms in total. The van der Waals surface area contributed by atoms with Crippen LogP contribution in [0.4, 0.5) is 4.39 Å². The number of para-hydroxylation sites is 1. The molecule has 18 heavy (non-hydrogen) atoms. The molecule has 0 aliphatic rings. The highest BCUT2D eigenvalue weighted by Crippen LogP contribution is 2.22. The lowest BCUT2D eigenvalue weighted by atomic mass is 10.2. The number of hydrogen-bond donors (Lipinski definition) is 1. The molecule has 1 N–H and O–H groups in total. The fourth-order valence-electron chi connectivity index (χ4n) is 1.37. The van der Waals surface area contributed by atoms with Crippen molar-refractivity contribution in [1.29, 1.82) is 0 Å². The molecule has 6 heteroatoms. The zero-order chi connectivity index (χ0) is 13.4. The monoisotopic (exact) mass is 367 g/mol. The lowest BCUT2D eigenvalue weighted by Crippen LogP contribution is -2.26. The Kier molecular flexibility index (Phi) is 6.96. The van der Waals surface area contributed by atoms with Crippen LogP contribution in [0.15, 0.2) is 18.2 Å².